The van der Waals surface area contributed by atoms with Crippen molar-refractivity contribution < 1.29 is 0 Å². The van der Waals surface area contributed by atoms with Gasteiger partial charge in [0.05, 0.1) is 12.2 Å². The summed E-state index contributed by atoms with van der Waals surface area (Å²) in [6.45, 7) is 14.6. The van der Waals surface area contributed by atoms with E-state index in [1.165, 1.54) is 24.2 Å². The van der Waals surface area contributed by atoms with Crippen molar-refractivity contribution in [3.05, 3.63) is 17.2 Å². The third-order valence-electron chi connectivity index (χ3n) is 5.66. The van der Waals surface area contributed by atoms with E-state index in [1.54, 1.807) is 0 Å². The first-order valence-electron chi connectivity index (χ1n) is 7.49. The van der Waals surface area contributed by atoms with Crippen molar-refractivity contribution in [2.24, 2.45) is 5.41 Å². The monoisotopic (exact) mass is 261 g/mol. The average Bonchev–Trinajstić information content (AvgIpc) is 2.82. The quantitative estimate of drug-likeness (QED) is 0.856. The molecule has 2 aliphatic carbocycles. The molecule has 1 aromatic heterocycles. The molecule has 2 unspecified atom stereocenters. The van der Waals surface area contributed by atoms with Crippen LogP contribution in [0.25, 0.3) is 0 Å². The summed E-state index contributed by atoms with van der Waals surface area (Å²) in [5.74, 6) is 1.77. The Hall–Kier alpha value is -0.830. The van der Waals surface area contributed by atoms with Gasteiger partial charge in [-0.25, -0.2) is 4.98 Å². The Bertz CT molecular complexity index is 507. The number of hydrogen-bond acceptors (Lipinski definition) is 2. The predicted molar refractivity (Wildman–Crippen MR) is 78.3 cm³/mol. The number of H-pyrrole nitrogens is 1. The van der Waals surface area contributed by atoms with Gasteiger partial charge in [0.1, 0.15) is 5.82 Å². The third kappa shape index (κ3) is 1.70. The van der Waals surface area contributed by atoms with Gasteiger partial charge in [-0.2, -0.15) is 0 Å². The summed E-state index contributed by atoms with van der Waals surface area (Å²) >= 11 is 0. The Morgan fingerprint density at radius 2 is 2.00 bits per heavy atom. The second kappa shape index (κ2) is 3.63. The first-order valence-corrected chi connectivity index (χ1v) is 7.49. The molecule has 2 bridgehead atoms. The molecular weight excluding hydrogens is 234 g/mol. The Kier molecular flexibility index (Phi) is 2.52. The van der Waals surface area contributed by atoms with E-state index in [-0.39, 0.29) is 11.0 Å². The average molecular weight is 261 g/mol. The molecule has 3 rings (SSSR count). The second-order valence-corrected chi connectivity index (χ2v) is 8.19. The number of nitrogens with zero attached hydrogens (tertiary/aromatic N) is 1. The van der Waals surface area contributed by atoms with Crippen molar-refractivity contribution in [2.75, 3.05) is 0 Å². The van der Waals surface area contributed by atoms with E-state index in [4.69, 9.17) is 4.98 Å². The summed E-state index contributed by atoms with van der Waals surface area (Å²) in [6, 6.07) is 0. The van der Waals surface area contributed by atoms with Gasteiger partial charge < -0.3 is 10.3 Å². The van der Waals surface area contributed by atoms with E-state index in [0.717, 1.165) is 12.4 Å². The van der Waals surface area contributed by atoms with Crippen LogP contribution < -0.4 is 5.32 Å². The number of fused-ring (bicyclic) bond motifs is 5. The maximum absolute atomic E-state index is 4.93. The minimum atomic E-state index is 0.138. The van der Waals surface area contributed by atoms with Crippen LogP contribution in [0.15, 0.2) is 0 Å². The van der Waals surface area contributed by atoms with Gasteiger partial charge in [0.25, 0.3) is 0 Å². The van der Waals surface area contributed by atoms with Crippen molar-refractivity contribution in [1.29, 1.82) is 0 Å². The molecule has 0 radical (unpaired) electrons. The summed E-state index contributed by atoms with van der Waals surface area (Å²) in [7, 11) is 0. The largest absolute Gasteiger partial charge is 0.344 e. The van der Waals surface area contributed by atoms with E-state index < -0.39 is 0 Å². The number of nitrogens with one attached hydrogen (secondary N) is 2. The Balaban J connectivity index is 1.88. The SMILES string of the molecule is CC(C)(C)NCc1nc2c([nH]1)C1CCC2(C)C1(C)C. The third-order valence-corrected chi connectivity index (χ3v) is 5.66. The van der Waals surface area contributed by atoms with Crippen LogP contribution >= 0.6 is 0 Å². The maximum atomic E-state index is 4.93. The van der Waals surface area contributed by atoms with Crippen LogP contribution in [0.1, 0.15) is 77.5 Å². The lowest BCUT2D eigenvalue weighted by Crippen LogP contribution is -2.36. The zero-order valence-corrected chi connectivity index (χ0v) is 13.1. The highest BCUT2D eigenvalue weighted by Crippen LogP contribution is 2.66. The molecule has 3 heteroatoms. The number of hydrogen-bond donors (Lipinski definition) is 2. The topological polar surface area (TPSA) is 40.7 Å². The second-order valence-electron chi connectivity index (χ2n) is 8.19. The van der Waals surface area contributed by atoms with E-state index in [9.17, 15) is 0 Å². The number of imidazole rings is 1. The van der Waals surface area contributed by atoms with Gasteiger partial charge in [0.2, 0.25) is 0 Å². The molecule has 1 heterocycles. The molecule has 19 heavy (non-hydrogen) atoms. The molecule has 1 saturated carbocycles. The fourth-order valence-corrected chi connectivity index (χ4v) is 3.97. The minimum Gasteiger partial charge on any atom is -0.344 e. The normalized spacial score (nSPS) is 31.8. The van der Waals surface area contributed by atoms with Crippen molar-refractivity contribution in [3.8, 4) is 0 Å². The molecule has 0 saturated heterocycles. The van der Waals surface area contributed by atoms with E-state index in [2.05, 4.69) is 51.8 Å². The van der Waals surface area contributed by atoms with E-state index in [0.29, 0.717) is 11.3 Å². The molecule has 2 atom stereocenters. The molecule has 3 nitrogen and oxygen atoms in total. The Morgan fingerprint density at radius 1 is 1.32 bits per heavy atom. The van der Waals surface area contributed by atoms with Crippen molar-refractivity contribution in [2.45, 2.75) is 77.8 Å². The maximum Gasteiger partial charge on any atom is 0.120 e. The number of aromatic amines is 1. The first-order chi connectivity index (χ1) is 8.65. The van der Waals surface area contributed by atoms with Gasteiger partial charge in [-0.05, 0) is 39.0 Å². The highest BCUT2D eigenvalue weighted by molar-refractivity contribution is 5.42. The lowest BCUT2D eigenvalue weighted by atomic mass is 9.70. The Labute approximate surface area is 116 Å². The van der Waals surface area contributed by atoms with Crippen molar-refractivity contribution in [1.82, 2.24) is 15.3 Å². The lowest BCUT2D eigenvalue weighted by molar-refractivity contribution is 0.225. The fourth-order valence-electron chi connectivity index (χ4n) is 3.97. The lowest BCUT2D eigenvalue weighted by Gasteiger charge is -2.34. The van der Waals surface area contributed by atoms with Gasteiger partial charge in [0.15, 0.2) is 0 Å². The van der Waals surface area contributed by atoms with E-state index in [1.807, 2.05) is 0 Å². The fraction of sp³-hybridized carbons (Fsp3) is 0.812. The van der Waals surface area contributed by atoms with Crippen LogP contribution in [0.5, 0.6) is 0 Å². The minimum absolute atomic E-state index is 0.138. The molecule has 0 aromatic carbocycles. The van der Waals surface area contributed by atoms with Crippen molar-refractivity contribution >= 4 is 0 Å². The number of aromatic nitrogens is 2. The van der Waals surface area contributed by atoms with Gasteiger partial charge in [-0.1, -0.05) is 20.8 Å². The van der Waals surface area contributed by atoms with Crippen LogP contribution in [0.4, 0.5) is 0 Å². The Morgan fingerprint density at radius 3 is 2.58 bits per heavy atom. The highest BCUT2D eigenvalue weighted by atomic mass is 15.1. The van der Waals surface area contributed by atoms with Gasteiger partial charge in [0, 0.05) is 22.6 Å². The first kappa shape index (κ1) is 13.2. The summed E-state index contributed by atoms with van der Waals surface area (Å²) in [6.07, 6.45) is 2.60. The van der Waals surface area contributed by atoms with Gasteiger partial charge in [-0.15, -0.1) is 0 Å². The summed E-state index contributed by atoms with van der Waals surface area (Å²) < 4.78 is 0. The molecule has 2 aliphatic rings. The van der Waals surface area contributed by atoms with Crippen molar-refractivity contribution in [3.63, 3.8) is 0 Å². The molecule has 0 aliphatic heterocycles. The molecule has 1 aromatic rings. The van der Waals surface area contributed by atoms with Crippen LogP contribution in [-0.4, -0.2) is 15.5 Å². The zero-order valence-electron chi connectivity index (χ0n) is 13.1. The molecule has 2 N–H and O–H groups in total. The zero-order chi connectivity index (χ0) is 14.1. The molecule has 0 spiro atoms. The van der Waals surface area contributed by atoms with Gasteiger partial charge >= 0.3 is 0 Å². The van der Waals surface area contributed by atoms with Crippen LogP contribution in [0, 0.1) is 5.41 Å². The van der Waals surface area contributed by atoms with Crippen LogP contribution in [-0.2, 0) is 12.0 Å². The van der Waals surface area contributed by atoms with Gasteiger partial charge in [-0.3, -0.25) is 0 Å². The highest BCUT2D eigenvalue weighted by Gasteiger charge is 2.61. The molecular formula is C16H27N3. The smallest absolute Gasteiger partial charge is 0.120 e. The van der Waals surface area contributed by atoms with Crippen LogP contribution in [0.3, 0.4) is 0 Å². The predicted octanol–water partition coefficient (Wildman–Crippen LogP) is 3.47. The molecule has 106 valence electrons. The summed E-state index contributed by atoms with van der Waals surface area (Å²) in [4.78, 5) is 8.53. The van der Waals surface area contributed by atoms with E-state index >= 15 is 0 Å². The summed E-state index contributed by atoms with van der Waals surface area (Å²) in [5.41, 5.74) is 3.53. The summed E-state index contributed by atoms with van der Waals surface area (Å²) in [5, 5.41) is 3.52. The van der Waals surface area contributed by atoms with Crippen LogP contribution in [0.2, 0.25) is 0 Å². The standard InChI is InChI=1S/C16H27N3/c1-14(2,3)17-9-11-18-12-10-7-8-16(6,13(12)19-11)15(10,4)5/h10,17H,7-9H2,1-6H3,(H,18,19). The number of rotatable bonds is 2. The molecule has 1 fully saturated rings. The molecule has 0 amide bonds.